The Balaban J connectivity index is 1.57. The van der Waals surface area contributed by atoms with Crippen LogP contribution in [0, 0.1) is 6.92 Å². The molecule has 4 rings (SSSR count). The maximum Gasteiger partial charge on any atom is 0.291 e. The van der Waals surface area contributed by atoms with E-state index in [2.05, 4.69) is 52.1 Å². The van der Waals surface area contributed by atoms with Crippen molar-refractivity contribution in [2.45, 2.75) is 64.7 Å². The number of nitrogens with one attached hydrogen (secondary N) is 1. The first-order valence-corrected chi connectivity index (χ1v) is 11.8. The van der Waals surface area contributed by atoms with E-state index < -0.39 is 0 Å². The Bertz CT molecular complexity index is 1210. The number of ether oxygens (including phenoxy) is 1. The van der Waals surface area contributed by atoms with Crippen LogP contribution in [0.3, 0.4) is 0 Å². The highest BCUT2D eigenvalue weighted by Crippen LogP contribution is 2.46. The monoisotopic (exact) mass is 465 g/mol. The number of anilines is 1. The van der Waals surface area contributed by atoms with E-state index in [1.54, 1.807) is 31.4 Å². The van der Waals surface area contributed by atoms with Crippen LogP contribution in [-0.2, 0) is 17.3 Å². The second kappa shape index (κ2) is 8.57. The van der Waals surface area contributed by atoms with Crippen LogP contribution in [0.25, 0.3) is 0 Å². The van der Waals surface area contributed by atoms with Gasteiger partial charge in [-0.3, -0.25) is 4.79 Å². The summed E-state index contributed by atoms with van der Waals surface area (Å²) in [5, 5.41) is 3.34. The third-order valence-corrected chi connectivity index (χ3v) is 7.20. The van der Waals surface area contributed by atoms with Crippen molar-refractivity contribution >= 4 is 23.2 Å². The van der Waals surface area contributed by atoms with Crippen LogP contribution in [0.15, 0.2) is 46.9 Å². The number of methoxy groups -OCH3 is 1. The van der Waals surface area contributed by atoms with Crippen molar-refractivity contribution in [2.24, 2.45) is 0 Å². The van der Waals surface area contributed by atoms with Crippen LogP contribution < -0.4 is 10.1 Å². The number of rotatable bonds is 5. The Labute approximate surface area is 201 Å². The number of carbonyl (C=O) groups excluding carboxylic acids is 1. The molecule has 2 aromatic carbocycles. The Kier molecular flexibility index (Phi) is 6.09. The summed E-state index contributed by atoms with van der Waals surface area (Å²) in [5.41, 5.74) is 6.21. The van der Waals surface area contributed by atoms with Crippen molar-refractivity contribution in [1.29, 1.82) is 0 Å². The van der Waals surface area contributed by atoms with Crippen LogP contribution >= 0.6 is 11.6 Å². The third-order valence-electron chi connectivity index (χ3n) is 6.97. The summed E-state index contributed by atoms with van der Waals surface area (Å²) in [6.07, 6.45) is 3.01. The smallest absolute Gasteiger partial charge is 0.291 e. The summed E-state index contributed by atoms with van der Waals surface area (Å²) >= 11 is 6.07. The number of halogens is 1. The molecule has 0 spiro atoms. The van der Waals surface area contributed by atoms with Gasteiger partial charge < -0.3 is 14.5 Å². The lowest BCUT2D eigenvalue weighted by Crippen LogP contribution is -2.34. The van der Waals surface area contributed by atoms with Crippen molar-refractivity contribution in [3.63, 3.8) is 0 Å². The molecule has 0 radical (unpaired) electrons. The van der Waals surface area contributed by atoms with E-state index in [-0.39, 0.29) is 22.5 Å². The molecule has 3 aromatic rings. The Hall–Kier alpha value is -2.72. The first-order chi connectivity index (χ1) is 15.5. The van der Waals surface area contributed by atoms with E-state index >= 15 is 0 Å². The fraction of sp³-hybridized carbons (Fsp3) is 0.393. The predicted molar refractivity (Wildman–Crippen MR) is 134 cm³/mol. The molecule has 0 unspecified atom stereocenters. The molecule has 0 saturated heterocycles. The molecule has 1 aliphatic rings. The lowest BCUT2D eigenvalue weighted by atomic mass is 9.62. The Morgan fingerprint density at radius 3 is 2.36 bits per heavy atom. The number of fused-ring (bicyclic) bond motifs is 1. The van der Waals surface area contributed by atoms with Gasteiger partial charge in [0.1, 0.15) is 11.5 Å². The second-order valence-corrected chi connectivity index (χ2v) is 10.8. The van der Waals surface area contributed by atoms with E-state index in [1.807, 2.05) is 6.07 Å². The van der Waals surface area contributed by atoms with Gasteiger partial charge in [-0.25, -0.2) is 0 Å². The predicted octanol–water partition coefficient (Wildman–Crippen LogP) is 7.44. The zero-order valence-corrected chi connectivity index (χ0v) is 21.0. The molecule has 1 aliphatic carbocycles. The fourth-order valence-corrected chi connectivity index (χ4v) is 4.87. The van der Waals surface area contributed by atoms with Crippen LogP contribution in [0.1, 0.15) is 79.1 Å². The Morgan fingerprint density at radius 1 is 1.03 bits per heavy atom. The second-order valence-electron chi connectivity index (χ2n) is 10.3. The number of furan rings is 1. The molecule has 174 valence electrons. The van der Waals surface area contributed by atoms with Gasteiger partial charge in [0.05, 0.1) is 12.8 Å². The zero-order chi connectivity index (χ0) is 24.0. The van der Waals surface area contributed by atoms with E-state index in [0.717, 1.165) is 5.76 Å². The first-order valence-electron chi connectivity index (χ1n) is 11.4. The highest BCUT2D eigenvalue weighted by molar-refractivity contribution is 6.31. The average molecular weight is 466 g/mol. The van der Waals surface area contributed by atoms with Gasteiger partial charge in [0.15, 0.2) is 5.76 Å². The number of carbonyl (C=O) groups is 1. The Morgan fingerprint density at radius 2 is 1.70 bits per heavy atom. The van der Waals surface area contributed by atoms with E-state index in [4.69, 9.17) is 20.8 Å². The van der Waals surface area contributed by atoms with Crippen molar-refractivity contribution < 1.29 is 13.9 Å². The van der Waals surface area contributed by atoms with E-state index in [9.17, 15) is 4.79 Å². The molecule has 1 amide bonds. The van der Waals surface area contributed by atoms with Crippen molar-refractivity contribution in [2.75, 3.05) is 12.4 Å². The quantitative estimate of drug-likeness (QED) is 0.425. The van der Waals surface area contributed by atoms with Crippen LogP contribution in [0.5, 0.6) is 5.75 Å². The van der Waals surface area contributed by atoms with Crippen LogP contribution in [-0.4, -0.2) is 13.0 Å². The summed E-state index contributed by atoms with van der Waals surface area (Å²) < 4.78 is 11.2. The lowest BCUT2D eigenvalue weighted by Gasteiger charge is -2.42. The zero-order valence-electron chi connectivity index (χ0n) is 20.3. The van der Waals surface area contributed by atoms with Gasteiger partial charge in [0.25, 0.3) is 5.91 Å². The topological polar surface area (TPSA) is 51.5 Å². The first kappa shape index (κ1) is 23.4. The fourth-order valence-electron chi connectivity index (χ4n) is 4.70. The molecule has 0 bridgehead atoms. The summed E-state index contributed by atoms with van der Waals surface area (Å²) in [6.45, 7) is 11.5. The number of aryl methyl sites for hydroxylation is 1. The number of hydrogen-bond acceptors (Lipinski definition) is 3. The van der Waals surface area contributed by atoms with Crippen LogP contribution in [0.4, 0.5) is 5.69 Å². The molecular formula is C28H32ClNO3. The summed E-state index contributed by atoms with van der Waals surface area (Å²) in [7, 11) is 1.55. The maximum atomic E-state index is 12.8. The standard InChI is InChI=1S/C28H32ClNO3/c1-17-13-21-22(28(4,5)12-11-27(21,2)3)15-18(17)14-20-8-10-25(33-20)26(31)30-23-16-19(29)7-9-24(23)32-6/h7-10,13,15-16H,11-12,14H2,1-6H3,(H,30,31). The van der Waals surface area contributed by atoms with Gasteiger partial charge in [0.2, 0.25) is 0 Å². The highest BCUT2D eigenvalue weighted by Gasteiger charge is 2.37. The maximum absolute atomic E-state index is 12.8. The molecule has 5 heteroatoms. The van der Waals surface area contributed by atoms with Crippen molar-refractivity contribution in [1.82, 2.24) is 0 Å². The van der Waals surface area contributed by atoms with Gasteiger partial charge in [0, 0.05) is 11.4 Å². The van der Waals surface area contributed by atoms with E-state index in [1.165, 1.54) is 35.1 Å². The molecule has 4 nitrogen and oxygen atoms in total. The molecule has 33 heavy (non-hydrogen) atoms. The average Bonchev–Trinajstić information content (AvgIpc) is 3.21. The minimum Gasteiger partial charge on any atom is -0.495 e. The van der Waals surface area contributed by atoms with Crippen LogP contribution in [0.2, 0.25) is 5.02 Å². The van der Waals surface area contributed by atoms with Gasteiger partial charge in [-0.2, -0.15) is 0 Å². The lowest BCUT2D eigenvalue weighted by molar-refractivity contribution is 0.0994. The summed E-state index contributed by atoms with van der Waals surface area (Å²) in [5.74, 6) is 1.21. The number of benzene rings is 2. The van der Waals surface area contributed by atoms with Crippen molar-refractivity contribution in [3.8, 4) is 5.75 Å². The van der Waals surface area contributed by atoms with Gasteiger partial charge in [-0.15, -0.1) is 0 Å². The SMILES string of the molecule is COc1ccc(Cl)cc1NC(=O)c1ccc(Cc2cc3c(cc2C)C(C)(C)CCC3(C)C)o1. The molecule has 0 saturated carbocycles. The van der Waals surface area contributed by atoms with Gasteiger partial charge in [-0.1, -0.05) is 51.4 Å². The molecule has 1 aromatic heterocycles. The molecule has 1 N–H and O–H groups in total. The van der Waals surface area contributed by atoms with Gasteiger partial charge >= 0.3 is 0 Å². The summed E-state index contributed by atoms with van der Waals surface area (Å²) in [4.78, 5) is 12.8. The molecule has 0 atom stereocenters. The third kappa shape index (κ3) is 4.67. The minimum atomic E-state index is -0.341. The number of hydrogen-bond donors (Lipinski definition) is 1. The molecule has 0 fully saturated rings. The molecule has 1 heterocycles. The van der Waals surface area contributed by atoms with E-state index in [0.29, 0.717) is 22.9 Å². The molecular weight excluding hydrogens is 434 g/mol. The largest absolute Gasteiger partial charge is 0.495 e. The summed E-state index contributed by atoms with van der Waals surface area (Å²) in [6, 6.07) is 13.4. The normalized spacial score (nSPS) is 16.2. The van der Waals surface area contributed by atoms with Crippen molar-refractivity contribution in [3.05, 3.63) is 81.3 Å². The molecule has 0 aliphatic heterocycles. The number of amides is 1. The minimum absolute atomic E-state index is 0.150. The highest BCUT2D eigenvalue weighted by atomic mass is 35.5. The van der Waals surface area contributed by atoms with Gasteiger partial charge in [-0.05, 0) is 83.2 Å².